The minimum Gasteiger partial charge on any atom is -0.382 e. The molecule has 2 rings (SSSR count). The number of imidazole rings is 1. The van der Waals surface area contributed by atoms with E-state index in [1.165, 1.54) is 0 Å². The standard InChI is InChI=1S/C15H22N4O/c1-3-20-11-5-8-16-15-17-9-10-19(15)12-14-7-4-6-13(2)18-14/h4,6-7,9-10H,3,5,8,11-12H2,1-2H3,(H,16,17). The van der Waals surface area contributed by atoms with Crippen molar-refractivity contribution in [2.24, 2.45) is 0 Å². The molecule has 5 nitrogen and oxygen atoms in total. The van der Waals surface area contributed by atoms with E-state index in [1.54, 1.807) is 6.20 Å². The van der Waals surface area contributed by atoms with E-state index in [4.69, 9.17) is 4.74 Å². The predicted molar refractivity (Wildman–Crippen MR) is 79.9 cm³/mol. The number of aryl methyl sites for hydroxylation is 1. The largest absolute Gasteiger partial charge is 0.382 e. The summed E-state index contributed by atoms with van der Waals surface area (Å²) in [7, 11) is 0. The van der Waals surface area contributed by atoms with Gasteiger partial charge < -0.3 is 14.6 Å². The molecule has 0 aliphatic carbocycles. The monoisotopic (exact) mass is 274 g/mol. The Morgan fingerprint density at radius 3 is 3.05 bits per heavy atom. The van der Waals surface area contributed by atoms with Crippen LogP contribution in [0.1, 0.15) is 24.7 Å². The lowest BCUT2D eigenvalue weighted by molar-refractivity contribution is 0.147. The molecular weight excluding hydrogens is 252 g/mol. The van der Waals surface area contributed by atoms with E-state index in [0.717, 1.165) is 50.1 Å². The summed E-state index contributed by atoms with van der Waals surface area (Å²) in [6, 6.07) is 6.07. The number of rotatable bonds is 8. The molecule has 2 aromatic rings. The first kappa shape index (κ1) is 14.5. The van der Waals surface area contributed by atoms with Gasteiger partial charge in [-0.3, -0.25) is 4.98 Å². The zero-order chi connectivity index (χ0) is 14.2. The SMILES string of the molecule is CCOCCCNc1nccn1Cc1cccc(C)n1. The highest BCUT2D eigenvalue weighted by Gasteiger charge is 2.03. The lowest BCUT2D eigenvalue weighted by Gasteiger charge is -2.10. The van der Waals surface area contributed by atoms with Crippen molar-refractivity contribution in [1.29, 1.82) is 0 Å². The van der Waals surface area contributed by atoms with Gasteiger partial charge in [0.15, 0.2) is 0 Å². The van der Waals surface area contributed by atoms with Gasteiger partial charge in [0, 0.05) is 37.8 Å². The number of hydrogen-bond acceptors (Lipinski definition) is 4. The fraction of sp³-hybridized carbons (Fsp3) is 0.467. The van der Waals surface area contributed by atoms with Gasteiger partial charge in [-0.1, -0.05) is 6.07 Å². The van der Waals surface area contributed by atoms with Gasteiger partial charge in [-0.2, -0.15) is 0 Å². The maximum atomic E-state index is 5.31. The fourth-order valence-electron chi connectivity index (χ4n) is 1.98. The van der Waals surface area contributed by atoms with Crippen LogP contribution >= 0.6 is 0 Å². The van der Waals surface area contributed by atoms with Gasteiger partial charge >= 0.3 is 0 Å². The summed E-state index contributed by atoms with van der Waals surface area (Å²) >= 11 is 0. The second-order valence-electron chi connectivity index (χ2n) is 4.63. The Hall–Kier alpha value is -1.88. The van der Waals surface area contributed by atoms with Crippen molar-refractivity contribution in [3.05, 3.63) is 42.0 Å². The first-order valence-corrected chi connectivity index (χ1v) is 7.05. The lowest BCUT2D eigenvalue weighted by atomic mass is 10.3. The van der Waals surface area contributed by atoms with Gasteiger partial charge in [-0.05, 0) is 32.4 Å². The van der Waals surface area contributed by atoms with Crippen molar-refractivity contribution >= 4 is 5.95 Å². The van der Waals surface area contributed by atoms with Crippen LogP contribution in [0.3, 0.4) is 0 Å². The van der Waals surface area contributed by atoms with Crippen LogP contribution in [-0.2, 0) is 11.3 Å². The molecule has 0 radical (unpaired) electrons. The van der Waals surface area contributed by atoms with Crippen LogP contribution < -0.4 is 5.32 Å². The number of nitrogens with zero attached hydrogens (tertiary/aromatic N) is 3. The molecule has 2 aromatic heterocycles. The Kier molecular flexibility index (Phi) is 5.55. The first-order valence-electron chi connectivity index (χ1n) is 7.05. The Bertz CT molecular complexity index is 524. The molecule has 2 heterocycles. The predicted octanol–water partition coefficient (Wildman–Crippen LogP) is 2.47. The molecule has 20 heavy (non-hydrogen) atoms. The molecule has 0 spiro atoms. The third-order valence-corrected chi connectivity index (χ3v) is 2.95. The minimum absolute atomic E-state index is 0.732. The average Bonchev–Trinajstić information content (AvgIpc) is 2.86. The maximum absolute atomic E-state index is 5.31. The molecule has 0 saturated carbocycles. The van der Waals surface area contributed by atoms with E-state index >= 15 is 0 Å². The third kappa shape index (κ3) is 4.35. The van der Waals surface area contributed by atoms with Gasteiger partial charge in [0.2, 0.25) is 5.95 Å². The van der Waals surface area contributed by atoms with Crippen molar-refractivity contribution in [1.82, 2.24) is 14.5 Å². The van der Waals surface area contributed by atoms with Crippen LogP contribution in [0.4, 0.5) is 5.95 Å². The number of aromatic nitrogens is 3. The maximum Gasteiger partial charge on any atom is 0.203 e. The van der Waals surface area contributed by atoms with E-state index in [1.807, 2.05) is 38.2 Å². The second-order valence-corrected chi connectivity index (χ2v) is 4.63. The van der Waals surface area contributed by atoms with E-state index in [2.05, 4.69) is 19.9 Å². The van der Waals surface area contributed by atoms with Crippen molar-refractivity contribution in [2.75, 3.05) is 25.1 Å². The Morgan fingerprint density at radius 1 is 1.35 bits per heavy atom. The van der Waals surface area contributed by atoms with Crippen LogP contribution in [0.2, 0.25) is 0 Å². The van der Waals surface area contributed by atoms with E-state index in [9.17, 15) is 0 Å². The first-order chi connectivity index (χ1) is 9.79. The molecule has 0 saturated heterocycles. The molecule has 0 aliphatic heterocycles. The molecule has 1 N–H and O–H groups in total. The summed E-state index contributed by atoms with van der Waals surface area (Å²) in [5.41, 5.74) is 2.08. The summed E-state index contributed by atoms with van der Waals surface area (Å²) in [6.07, 6.45) is 4.75. The number of nitrogens with one attached hydrogen (secondary N) is 1. The lowest BCUT2D eigenvalue weighted by Crippen LogP contribution is -2.11. The van der Waals surface area contributed by atoms with Crippen molar-refractivity contribution < 1.29 is 4.74 Å². The summed E-state index contributed by atoms with van der Waals surface area (Å²) in [4.78, 5) is 8.85. The summed E-state index contributed by atoms with van der Waals surface area (Å²) < 4.78 is 7.39. The van der Waals surface area contributed by atoms with Crippen molar-refractivity contribution in [2.45, 2.75) is 26.8 Å². The fourth-order valence-corrected chi connectivity index (χ4v) is 1.98. The normalized spacial score (nSPS) is 10.7. The highest BCUT2D eigenvalue weighted by molar-refractivity contribution is 5.27. The summed E-state index contributed by atoms with van der Waals surface area (Å²) in [5, 5.41) is 3.33. The highest BCUT2D eigenvalue weighted by atomic mass is 16.5. The highest BCUT2D eigenvalue weighted by Crippen LogP contribution is 2.08. The summed E-state index contributed by atoms with van der Waals surface area (Å²) in [6.45, 7) is 7.16. The second kappa shape index (κ2) is 7.65. The molecule has 0 fully saturated rings. The number of pyridine rings is 1. The van der Waals surface area contributed by atoms with Crippen LogP contribution in [0.25, 0.3) is 0 Å². The van der Waals surface area contributed by atoms with E-state index in [-0.39, 0.29) is 0 Å². The van der Waals surface area contributed by atoms with Crippen LogP contribution in [0, 0.1) is 6.92 Å². The number of anilines is 1. The van der Waals surface area contributed by atoms with Gasteiger partial charge in [0.05, 0.1) is 12.2 Å². The zero-order valence-electron chi connectivity index (χ0n) is 12.2. The number of hydrogen-bond donors (Lipinski definition) is 1. The smallest absolute Gasteiger partial charge is 0.203 e. The third-order valence-electron chi connectivity index (χ3n) is 2.95. The Morgan fingerprint density at radius 2 is 2.25 bits per heavy atom. The van der Waals surface area contributed by atoms with Crippen molar-refractivity contribution in [3.63, 3.8) is 0 Å². The topological polar surface area (TPSA) is 52.0 Å². The molecule has 0 atom stereocenters. The van der Waals surface area contributed by atoms with Gasteiger partial charge in [0.25, 0.3) is 0 Å². The molecule has 0 unspecified atom stereocenters. The molecule has 0 bridgehead atoms. The molecule has 0 amide bonds. The van der Waals surface area contributed by atoms with E-state index < -0.39 is 0 Å². The minimum atomic E-state index is 0.732. The van der Waals surface area contributed by atoms with Crippen LogP contribution in [0.15, 0.2) is 30.6 Å². The van der Waals surface area contributed by atoms with Crippen molar-refractivity contribution in [3.8, 4) is 0 Å². The Labute approximate surface area is 120 Å². The molecule has 108 valence electrons. The Balaban J connectivity index is 1.88. The van der Waals surface area contributed by atoms with Crippen LogP contribution in [-0.4, -0.2) is 34.3 Å². The quantitative estimate of drug-likeness (QED) is 0.751. The zero-order valence-corrected chi connectivity index (χ0v) is 12.2. The molecule has 0 aliphatic rings. The average molecular weight is 274 g/mol. The number of ether oxygens (including phenoxy) is 1. The van der Waals surface area contributed by atoms with Gasteiger partial charge in [-0.15, -0.1) is 0 Å². The molecular formula is C15H22N4O. The van der Waals surface area contributed by atoms with Crippen LogP contribution in [0.5, 0.6) is 0 Å². The van der Waals surface area contributed by atoms with Gasteiger partial charge in [0.1, 0.15) is 0 Å². The molecule has 0 aromatic carbocycles. The summed E-state index contributed by atoms with van der Waals surface area (Å²) in [5.74, 6) is 0.879. The molecule has 5 heteroatoms. The van der Waals surface area contributed by atoms with Gasteiger partial charge in [-0.25, -0.2) is 4.98 Å². The van der Waals surface area contributed by atoms with E-state index in [0.29, 0.717) is 0 Å².